The molecule has 1 aromatic carbocycles. The summed E-state index contributed by atoms with van der Waals surface area (Å²) in [5.74, 6) is -0.0743. The van der Waals surface area contributed by atoms with Crippen molar-refractivity contribution in [2.24, 2.45) is 0 Å². The van der Waals surface area contributed by atoms with Crippen molar-refractivity contribution in [3.63, 3.8) is 0 Å². The monoisotopic (exact) mass is 287 g/mol. The molecule has 0 amide bonds. The molecule has 0 aliphatic carbocycles. The highest BCUT2D eigenvalue weighted by Gasteiger charge is 2.22. The molecule has 0 aliphatic heterocycles. The lowest BCUT2D eigenvalue weighted by Crippen LogP contribution is -2.07. The number of rotatable bonds is 3. The van der Waals surface area contributed by atoms with Crippen LogP contribution in [-0.4, -0.2) is 24.9 Å². The second-order valence-corrected chi connectivity index (χ2v) is 4.99. The fourth-order valence-electron chi connectivity index (χ4n) is 2.73. The molecule has 3 heterocycles. The van der Waals surface area contributed by atoms with Crippen LogP contribution in [0, 0.1) is 0 Å². The first-order valence-corrected chi connectivity index (χ1v) is 7.01. The summed E-state index contributed by atoms with van der Waals surface area (Å²) in [6.07, 6.45) is 10.5. The van der Waals surface area contributed by atoms with Gasteiger partial charge in [-0.25, -0.2) is 4.98 Å². The Balaban J connectivity index is 1.98. The van der Waals surface area contributed by atoms with E-state index in [0.717, 1.165) is 27.9 Å². The first kappa shape index (κ1) is 12.6. The number of hydrogen-bond acceptors (Lipinski definition) is 4. The van der Waals surface area contributed by atoms with Gasteiger partial charge in [-0.3, -0.25) is 15.0 Å². The van der Waals surface area contributed by atoms with Crippen LogP contribution in [0.5, 0.6) is 0 Å². The molecular weight excluding hydrogens is 274 g/mol. The van der Waals surface area contributed by atoms with Gasteiger partial charge in [0.25, 0.3) is 0 Å². The predicted molar refractivity (Wildman–Crippen MR) is 83.3 cm³/mol. The second-order valence-electron chi connectivity index (χ2n) is 4.99. The van der Waals surface area contributed by atoms with Crippen LogP contribution in [0.25, 0.3) is 10.9 Å². The summed E-state index contributed by atoms with van der Waals surface area (Å²) in [6.45, 7) is 0. The summed E-state index contributed by atoms with van der Waals surface area (Å²) in [6, 6.07) is 10.2. The third-order valence-electron chi connectivity index (χ3n) is 3.68. The van der Waals surface area contributed by atoms with E-state index in [1.807, 2.05) is 24.5 Å². The average Bonchev–Trinajstić information content (AvgIpc) is 3.11. The molecule has 3 aromatic heterocycles. The van der Waals surface area contributed by atoms with Gasteiger partial charge in [-0.2, -0.15) is 0 Å². The number of para-hydroxylation sites is 1. The Morgan fingerprint density at radius 1 is 0.864 bits per heavy atom. The van der Waals surface area contributed by atoms with E-state index in [9.17, 15) is 0 Å². The molecule has 22 heavy (non-hydrogen) atoms. The number of fused-ring (bicyclic) bond motifs is 1. The number of benzene rings is 1. The Kier molecular flexibility index (Phi) is 3.08. The SMILES string of the molecule is c1cnc2c(C(c3cnccn3)c3cnc[nH]3)cccc2c1. The van der Waals surface area contributed by atoms with Crippen molar-refractivity contribution in [1.82, 2.24) is 24.9 Å². The van der Waals surface area contributed by atoms with Gasteiger partial charge in [-0.1, -0.05) is 24.3 Å². The number of imidazole rings is 1. The summed E-state index contributed by atoms with van der Waals surface area (Å²) in [4.78, 5) is 20.6. The standard InChI is InChI=1S/C17H13N5/c1-3-12-4-2-6-21-17(12)13(5-1)16(15-10-19-11-22-15)14-9-18-7-8-20-14/h1-11,16H,(H,19,22). The van der Waals surface area contributed by atoms with Crippen LogP contribution in [0.1, 0.15) is 22.9 Å². The third-order valence-corrected chi connectivity index (χ3v) is 3.68. The Bertz CT molecular complexity index is 882. The van der Waals surface area contributed by atoms with E-state index in [1.165, 1.54) is 0 Å². The van der Waals surface area contributed by atoms with Gasteiger partial charge in [0.1, 0.15) is 0 Å². The number of pyridine rings is 1. The molecule has 4 aromatic rings. The van der Waals surface area contributed by atoms with E-state index in [2.05, 4.69) is 43.1 Å². The first-order chi connectivity index (χ1) is 10.9. The molecule has 1 unspecified atom stereocenters. The van der Waals surface area contributed by atoms with E-state index in [1.54, 1.807) is 24.9 Å². The Hall–Kier alpha value is -3.08. The van der Waals surface area contributed by atoms with Crippen LogP contribution >= 0.6 is 0 Å². The second kappa shape index (κ2) is 5.37. The molecule has 1 atom stereocenters. The van der Waals surface area contributed by atoms with Gasteiger partial charge >= 0.3 is 0 Å². The zero-order chi connectivity index (χ0) is 14.8. The van der Waals surface area contributed by atoms with Gasteiger partial charge < -0.3 is 4.98 Å². The van der Waals surface area contributed by atoms with Gasteiger partial charge in [-0.15, -0.1) is 0 Å². The maximum atomic E-state index is 4.55. The Labute approximate surface area is 127 Å². The molecule has 5 nitrogen and oxygen atoms in total. The van der Waals surface area contributed by atoms with Crippen molar-refractivity contribution in [2.75, 3.05) is 0 Å². The molecule has 4 rings (SSSR count). The molecule has 0 fully saturated rings. The van der Waals surface area contributed by atoms with Crippen molar-refractivity contribution < 1.29 is 0 Å². The molecule has 0 bridgehead atoms. The fraction of sp³-hybridized carbons (Fsp3) is 0.0588. The lowest BCUT2D eigenvalue weighted by molar-refractivity contribution is 0.876. The van der Waals surface area contributed by atoms with Gasteiger partial charge in [0.05, 0.1) is 23.5 Å². The normalized spacial score (nSPS) is 12.4. The first-order valence-electron chi connectivity index (χ1n) is 7.01. The summed E-state index contributed by atoms with van der Waals surface area (Å²) in [5, 5.41) is 1.11. The minimum absolute atomic E-state index is 0.0743. The number of aromatic amines is 1. The molecule has 0 saturated heterocycles. The highest BCUT2D eigenvalue weighted by atomic mass is 14.9. The number of nitrogens with zero attached hydrogens (tertiary/aromatic N) is 4. The summed E-state index contributed by atoms with van der Waals surface area (Å²) in [5.41, 5.74) is 3.89. The minimum atomic E-state index is -0.0743. The molecule has 106 valence electrons. The number of hydrogen-bond donors (Lipinski definition) is 1. The van der Waals surface area contributed by atoms with Crippen LogP contribution in [0.3, 0.4) is 0 Å². The van der Waals surface area contributed by atoms with Crippen molar-refractivity contribution in [2.45, 2.75) is 5.92 Å². The van der Waals surface area contributed by atoms with Gasteiger partial charge in [0.2, 0.25) is 0 Å². The Morgan fingerprint density at radius 2 is 1.82 bits per heavy atom. The van der Waals surface area contributed by atoms with Crippen LogP contribution < -0.4 is 0 Å². The van der Waals surface area contributed by atoms with Crippen molar-refractivity contribution in [3.05, 3.63) is 84.6 Å². The lowest BCUT2D eigenvalue weighted by Gasteiger charge is -2.16. The maximum Gasteiger partial charge on any atom is 0.0922 e. The van der Waals surface area contributed by atoms with Crippen LogP contribution in [0.2, 0.25) is 0 Å². The van der Waals surface area contributed by atoms with Gasteiger partial charge in [0.15, 0.2) is 0 Å². The number of H-pyrrole nitrogens is 1. The smallest absolute Gasteiger partial charge is 0.0922 e. The minimum Gasteiger partial charge on any atom is -0.348 e. The largest absolute Gasteiger partial charge is 0.348 e. The molecule has 0 spiro atoms. The van der Waals surface area contributed by atoms with Gasteiger partial charge in [-0.05, 0) is 11.6 Å². The zero-order valence-corrected chi connectivity index (χ0v) is 11.7. The quantitative estimate of drug-likeness (QED) is 0.629. The van der Waals surface area contributed by atoms with E-state index in [-0.39, 0.29) is 5.92 Å². The topological polar surface area (TPSA) is 67.3 Å². The van der Waals surface area contributed by atoms with E-state index in [0.29, 0.717) is 0 Å². The van der Waals surface area contributed by atoms with Crippen molar-refractivity contribution in [3.8, 4) is 0 Å². The Morgan fingerprint density at radius 3 is 2.64 bits per heavy atom. The van der Waals surface area contributed by atoms with E-state index >= 15 is 0 Å². The molecule has 5 heteroatoms. The van der Waals surface area contributed by atoms with Crippen LogP contribution in [0.4, 0.5) is 0 Å². The lowest BCUT2D eigenvalue weighted by atomic mass is 9.91. The van der Waals surface area contributed by atoms with Gasteiger partial charge in [0, 0.05) is 42.1 Å². The zero-order valence-electron chi connectivity index (χ0n) is 11.7. The molecule has 1 N–H and O–H groups in total. The van der Waals surface area contributed by atoms with Crippen LogP contribution in [-0.2, 0) is 0 Å². The highest BCUT2D eigenvalue weighted by Crippen LogP contribution is 2.32. The summed E-state index contributed by atoms with van der Waals surface area (Å²) in [7, 11) is 0. The maximum absolute atomic E-state index is 4.55. The van der Waals surface area contributed by atoms with Crippen molar-refractivity contribution in [1.29, 1.82) is 0 Å². The average molecular weight is 287 g/mol. The molecule has 0 aliphatic rings. The van der Waals surface area contributed by atoms with Crippen LogP contribution in [0.15, 0.2) is 67.6 Å². The number of nitrogens with one attached hydrogen (secondary N) is 1. The fourth-order valence-corrected chi connectivity index (χ4v) is 2.73. The van der Waals surface area contributed by atoms with Crippen molar-refractivity contribution >= 4 is 10.9 Å². The summed E-state index contributed by atoms with van der Waals surface area (Å²) >= 11 is 0. The van der Waals surface area contributed by atoms with E-state index in [4.69, 9.17) is 0 Å². The predicted octanol–water partition coefficient (Wildman–Crippen LogP) is 2.93. The van der Waals surface area contributed by atoms with E-state index < -0.39 is 0 Å². The number of aromatic nitrogens is 5. The molecular formula is C17H13N5. The summed E-state index contributed by atoms with van der Waals surface area (Å²) < 4.78 is 0. The third kappa shape index (κ3) is 2.13. The highest BCUT2D eigenvalue weighted by molar-refractivity contribution is 5.82. The molecule has 0 radical (unpaired) electrons. The molecule has 0 saturated carbocycles.